The summed E-state index contributed by atoms with van der Waals surface area (Å²) in [7, 11) is 0. The topological polar surface area (TPSA) is 52.7 Å². The molecule has 4 nitrogen and oxygen atoms in total. The summed E-state index contributed by atoms with van der Waals surface area (Å²) in [6.45, 7) is 10.4. The third-order valence-corrected chi connectivity index (χ3v) is 3.63. The van der Waals surface area contributed by atoms with Gasteiger partial charge in [-0.2, -0.15) is 0 Å². The van der Waals surface area contributed by atoms with Gasteiger partial charge in [-0.1, -0.05) is 13.8 Å². The average molecular weight is 229 g/mol. The number of likely N-dealkylation sites (tertiary alicyclic amines) is 1. The van der Waals surface area contributed by atoms with E-state index < -0.39 is 0 Å². The van der Waals surface area contributed by atoms with Crippen LogP contribution in [0.15, 0.2) is 0 Å². The van der Waals surface area contributed by atoms with E-state index in [1.165, 1.54) is 13.0 Å². The van der Waals surface area contributed by atoms with Gasteiger partial charge in [0.2, 0.25) is 0 Å². The molecule has 1 aliphatic rings. The number of hydrogen-bond donors (Lipinski definition) is 2. The lowest BCUT2D eigenvalue weighted by Gasteiger charge is -2.26. The minimum absolute atomic E-state index is 0.326. The fourth-order valence-electron chi connectivity index (χ4n) is 2.50. The zero-order chi connectivity index (χ0) is 12.0. The van der Waals surface area contributed by atoms with Gasteiger partial charge in [0.05, 0.1) is 6.10 Å². The first-order chi connectivity index (χ1) is 7.71. The van der Waals surface area contributed by atoms with Gasteiger partial charge in [0.1, 0.15) is 0 Å². The largest absolute Gasteiger partial charge is 0.392 e. The first kappa shape index (κ1) is 13.9. The summed E-state index contributed by atoms with van der Waals surface area (Å²) in [5.74, 6) is 0. The third kappa shape index (κ3) is 4.01. The summed E-state index contributed by atoms with van der Waals surface area (Å²) in [6.07, 6.45) is 1.74. The molecule has 4 heteroatoms. The quantitative estimate of drug-likeness (QED) is 0.651. The highest BCUT2D eigenvalue weighted by atomic mass is 16.3. The normalized spacial score (nSPS) is 24.2. The van der Waals surface area contributed by atoms with Crippen LogP contribution in [0.1, 0.15) is 26.7 Å². The Labute approximate surface area is 99.4 Å². The van der Waals surface area contributed by atoms with Crippen molar-refractivity contribution in [1.29, 1.82) is 0 Å². The van der Waals surface area contributed by atoms with Crippen molar-refractivity contribution in [1.82, 2.24) is 9.80 Å². The van der Waals surface area contributed by atoms with Gasteiger partial charge >= 0.3 is 0 Å². The highest BCUT2D eigenvalue weighted by Crippen LogP contribution is 2.15. The Morgan fingerprint density at radius 1 is 1.44 bits per heavy atom. The third-order valence-electron chi connectivity index (χ3n) is 3.63. The zero-order valence-electron chi connectivity index (χ0n) is 10.7. The van der Waals surface area contributed by atoms with E-state index in [0.717, 1.165) is 32.6 Å². The van der Waals surface area contributed by atoms with Crippen molar-refractivity contribution in [3.05, 3.63) is 0 Å². The van der Waals surface area contributed by atoms with Crippen molar-refractivity contribution in [2.45, 2.75) is 38.8 Å². The van der Waals surface area contributed by atoms with Crippen LogP contribution in [-0.2, 0) is 0 Å². The Morgan fingerprint density at radius 3 is 2.69 bits per heavy atom. The maximum Gasteiger partial charge on any atom is 0.0674 e. The maximum absolute atomic E-state index is 9.42. The van der Waals surface area contributed by atoms with Crippen molar-refractivity contribution >= 4 is 0 Å². The fourth-order valence-corrected chi connectivity index (χ4v) is 2.50. The van der Waals surface area contributed by atoms with Crippen LogP contribution in [0.25, 0.3) is 0 Å². The Balaban J connectivity index is 2.24. The molecule has 0 radical (unpaired) electrons. The second-order valence-corrected chi connectivity index (χ2v) is 4.64. The van der Waals surface area contributed by atoms with Gasteiger partial charge in [0, 0.05) is 25.7 Å². The number of likely N-dealkylation sites (N-methyl/N-ethyl adjacent to an activating group) is 1. The molecule has 3 N–H and O–H groups in total. The zero-order valence-corrected chi connectivity index (χ0v) is 10.7. The molecule has 0 amide bonds. The molecule has 2 atom stereocenters. The first-order valence-corrected chi connectivity index (χ1v) is 6.55. The number of hydrogen-bond acceptors (Lipinski definition) is 4. The number of nitrogens with two attached hydrogens (primary N) is 1. The molecule has 96 valence electrons. The van der Waals surface area contributed by atoms with Crippen molar-refractivity contribution in [2.75, 3.05) is 39.3 Å². The van der Waals surface area contributed by atoms with Gasteiger partial charge in [-0.05, 0) is 32.5 Å². The van der Waals surface area contributed by atoms with Crippen molar-refractivity contribution in [3.63, 3.8) is 0 Å². The molecule has 0 aromatic heterocycles. The lowest BCUT2D eigenvalue weighted by atomic mass is 10.2. The molecule has 1 saturated heterocycles. The molecule has 0 spiro atoms. The van der Waals surface area contributed by atoms with Crippen molar-refractivity contribution < 1.29 is 5.11 Å². The molecule has 0 aromatic rings. The van der Waals surface area contributed by atoms with Gasteiger partial charge in [-0.3, -0.25) is 4.90 Å². The van der Waals surface area contributed by atoms with Crippen LogP contribution < -0.4 is 5.73 Å². The van der Waals surface area contributed by atoms with E-state index in [0.29, 0.717) is 12.6 Å². The molecule has 1 rings (SSSR count). The van der Waals surface area contributed by atoms with Crippen LogP contribution in [-0.4, -0.2) is 66.3 Å². The SMILES string of the molecule is CCN(CC)C1CCN(CCC(O)CN)C1. The summed E-state index contributed by atoms with van der Waals surface area (Å²) >= 11 is 0. The highest BCUT2D eigenvalue weighted by molar-refractivity contribution is 4.82. The van der Waals surface area contributed by atoms with Crippen LogP contribution in [0.3, 0.4) is 0 Å². The van der Waals surface area contributed by atoms with Crippen LogP contribution in [0.5, 0.6) is 0 Å². The van der Waals surface area contributed by atoms with Gasteiger partial charge in [0.25, 0.3) is 0 Å². The standard InChI is InChI=1S/C12H27N3O/c1-3-15(4-2)11-5-7-14(10-11)8-6-12(16)9-13/h11-12,16H,3-10,13H2,1-2H3. The van der Waals surface area contributed by atoms with Crippen molar-refractivity contribution in [3.8, 4) is 0 Å². The average Bonchev–Trinajstić information content (AvgIpc) is 2.76. The second kappa shape index (κ2) is 7.22. The number of aliphatic hydroxyl groups excluding tert-OH is 1. The minimum atomic E-state index is -0.326. The van der Waals surface area contributed by atoms with E-state index in [9.17, 15) is 5.11 Å². The second-order valence-electron chi connectivity index (χ2n) is 4.64. The van der Waals surface area contributed by atoms with Gasteiger partial charge in [0.15, 0.2) is 0 Å². The summed E-state index contributed by atoms with van der Waals surface area (Å²) in [4.78, 5) is 4.97. The molecule has 0 aromatic carbocycles. The van der Waals surface area contributed by atoms with Crippen LogP contribution in [0.2, 0.25) is 0 Å². The minimum Gasteiger partial charge on any atom is -0.392 e. The molecule has 2 unspecified atom stereocenters. The van der Waals surface area contributed by atoms with E-state index in [4.69, 9.17) is 5.73 Å². The van der Waals surface area contributed by atoms with E-state index in [2.05, 4.69) is 23.6 Å². The molecular formula is C12H27N3O. The van der Waals surface area contributed by atoms with Crippen LogP contribution >= 0.6 is 0 Å². The smallest absolute Gasteiger partial charge is 0.0674 e. The summed E-state index contributed by atoms with van der Waals surface area (Å²) in [6, 6.07) is 0.713. The van der Waals surface area contributed by atoms with E-state index in [1.54, 1.807) is 0 Å². The molecule has 0 aliphatic carbocycles. The van der Waals surface area contributed by atoms with Crippen molar-refractivity contribution in [2.24, 2.45) is 5.73 Å². The predicted octanol–water partition coefficient (Wildman–Crippen LogP) is 0.112. The van der Waals surface area contributed by atoms with Crippen LogP contribution in [0.4, 0.5) is 0 Å². The Bertz CT molecular complexity index is 185. The van der Waals surface area contributed by atoms with E-state index >= 15 is 0 Å². The fraction of sp³-hybridized carbons (Fsp3) is 1.00. The molecular weight excluding hydrogens is 202 g/mol. The lowest BCUT2D eigenvalue weighted by Crippen LogP contribution is -2.37. The van der Waals surface area contributed by atoms with Crippen LogP contribution in [0, 0.1) is 0 Å². The predicted molar refractivity (Wildman–Crippen MR) is 67.4 cm³/mol. The number of nitrogens with zero attached hydrogens (tertiary/aromatic N) is 2. The molecule has 1 fully saturated rings. The summed E-state index contributed by atoms with van der Waals surface area (Å²) in [5, 5.41) is 9.42. The Kier molecular flexibility index (Phi) is 6.28. The van der Waals surface area contributed by atoms with Gasteiger partial charge in [-0.15, -0.1) is 0 Å². The number of rotatable bonds is 7. The molecule has 0 saturated carbocycles. The van der Waals surface area contributed by atoms with Gasteiger partial charge < -0.3 is 15.7 Å². The van der Waals surface area contributed by atoms with E-state index in [1.807, 2.05) is 0 Å². The molecule has 1 heterocycles. The Hall–Kier alpha value is -0.160. The first-order valence-electron chi connectivity index (χ1n) is 6.55. The summed E-state index contributed by atoms with van der Waals surface area (Å²) in [5.41, 5.74) is 5.40. The highest BCUT2D eigenvalue weighted by Gasteiger charge is 2.25. The van der Waals surface area contributed by atoms with E-state index in [-0.39, 0.29) is 6.10 Å². The Morgan fingerprint density at radius 2 is 2.12 bits per heavy atom. The van der Waals surface area contributed by atoms with Gasteiger partial charge in [-0.25, -0.2) is 0 Å². The summed E-state index contributed by atoms with van der Waals surface area (Å²) < 4.78 is 0. The number of aliphatic hydroxyl groups is 1. The monoisotopic (exact) mass is 229 g/mol. The molecule has 0 bridgehead atoms. The molecule has 16 heavy (non-hydrogen) atoms. The maximum atomic E-state index is 9.42. The lowest BCUT2D eigenvalue weighted by molar-refractivity contribution is 0.149. The molecule has 1 aliphatic heterocycles.